The lowest BCUT2D eigenvalue weighted by atomic mass is 10.3. The van der Waals surface area contributed by atoms with Gasteiger partial charge in [-0.1, -0.05) is 0 Å². The van der Waals surface area contributed by atoms with Crippen molar-refractivity contribution in [1.29, 1.82) is 0 Å². The van der Waals surface area contributed by atoms with Crippen molar-refractivity contribution in [1.82, 2.24) is 14.7 Å². The standard InChI is InChI=1S/C12H21N5O/c1-4-17-12(11(13)9(2)14-17)16-7-5-6-15(3)10(18)8-16/h4-8,13H2,1-3H3. The number of carbonyl (C=O) groups is 1. The Kier molecular flexibility index (Phi) is 3.45. The Morgan fingerprint density at radius 3 is 2.78 bits per heavy atom. The summed E-state index contributed by atoms with van der Waals surface area (Å²) in [4.78, 5) is 15.7. The molecule has 1 fully saturated rings. The van der Waals surface area contributed by atoms with Gasteiger partial charge in [0.2, 0.25) is 5.91 Å². The highest BCUT2D eigenvalue weighted by atomic mass is 16.2. The summed E-state index contributed by atoms with van der Waals surface area (Å²) in [7, 11) is 1.84. The molecule has 1 aliphatic heterocycles. The van der Waals surface area contributed by atoms with Crippen LogP contribution in [0.2, 0.25) is 0 Å². The molecule has 2 rings (SSSR count). The fourth-order valence-electron chi connectivity index (χ4n) is 2.30. The number of nitrogens with two attached hydrogens (primary N) is 1. The van der Waals surface area contributed by atoms with Crippen molar-refractivity contribution in [3.05, 3.63) is 5.69 Å². The highest BCUT2D eigenvalue weighted by Gasteiger charge is 2.24. The van der Waals surface area contributed by atoms with Crippen molar-refractivity contribution in [2.24, 2.45) is 0 Å². The molecule has 100 valence electrons. The lowest BCUT2D eigenvalue weighted by Crippen LogP contribution is -2.35. The van der Waals surface area contributed by atoms with E-state index in [2.05, 4.69) is 5.10 Å². The smallest absolute Gasteiger partial charge is 0.241 e. The van der Waals surface area contributed by atoms with Crippen molar-refractivity contribution < 1.29 is 4.79 Å². The van der Waals surface area contributed by atoms with Gasteiger partial charge in [-0.2, -0.15) is 5.10 Å². The van der Waals surface area contributed by atoms with Crippen LogP contribution in [0.1, 0.15) is 19.0 Å². The number of anilines is 2. The Morgan fingerprint density at radius 1 is 1.39 bits per heavy atom. The van der Waals surface area contributed by atoms with E-state index in [4.69, 9.17) is 5.73 Å². The molecule has 0 saturated carbocycles. The molecule has 6 nitrogen and oxygen atoms in total. The fraction of sp³-hybridized carbons (Fsp3) is 0.667. The van der Waals surface area contributed by atoms with Crippen molar-refractivity contribution >= 4 is 17.4 Å². The zero-order chi connectivity index (χ0) is 13.3. The lowest BCUT2D eigenvalue weighted by Gasteiger charge is -2.23. The van der Waals surface area contributed by atoms with Crippen molar-refractivity contribution in [3.63, 3.8) is 0 Å². The molecule has 0 aliphatic carbocycles. The van der Waals surface area contributed by atoms with Gasteiger partial charge in [0.1, 0.15) is 0 Å². The molecule has 1 aliphatic rings. The summed E-state index contributed by atoms with van der Waals surface area (Å²) < 4.78 is 1.88. The summed E-state index contributed by atoms with van der Waals surface area (Å²) in [6.07, 6.45) is 0.954. The summed E-state index contributed by atoms with van der Waals surface area (Å²) in [6.45, 7) is 6.71. The number of nitrogens with zero attached hydrogens (tertiary/aromatic N) is 4. The van der Waals surface area contributed by atoms with Crippen molar-refractivity contribution in [2.75, 3.05) is 37.3 Å². The molecule has 6 heteroatoms. The predicted molar refractivity (Wildman–Crippen MR) is 71.5 cm³/mol. The van der Waals surface area contributed by atoms with E-state index in [0.717, 1.165) is 37.6 Å². The first-order valence-corrected chi connectivity index (χ1v) is 6.36. The number of nitrogen functional groups attached to an aromatic ring is 1. The minimum atomic E-state index is 0.133. The zero-order valence-electron chi connectivity index (χ0n) is 11.3. The monoisotopic (exact) mass is 251 g/mol. The van der Waals surface area contributed by atoms with Crippen LogP contribution in [0.5, 0.6) is 0 Å². The van der Waals surface area contributed by atoms with E-state index in [9.17, 15) is 4.79 Å². The molecule has 1 aromatic rings. The number of likely N-dealkylation sites (N-methyl/N-ethyl adjacent to an activating group) is 1. The fourth-order valence-corrected chi connectivity index (χ4v) is 2.30. The third-order valence-electron chi connectivity index (χ3n) is 3.42. The van der Waals surface area contributed by atoms with Gasteiger partial charge < -0.3 is 15.5 Å². The largest absolute Gasteiger partial charge is 0.394 e. The summed E-state index contributed by atoms with van der Waals surface area (Å²) in [6, 6.07) is 0. The molecule has 0 spiro atoms. The summed E-state index contributed by atoms with van der Waals surface area (Å²) in [5.74, 6) is 1.02. The summed E-state index contributed by atoms with van der Waals surface area (Å²) >= 11 is 0. The van der Waals surface area contributed by atoms with E-state index in [1.807, 2.05) is 30.5 Å². The van der Waals surface area contributed by atoms with Crippen LogP contribution in [0.3, 0.4) is 0 Å². The number of rotatable bonds is 2. The van der Waals surface area contributed by atoms with Crippen LogP contribution >= 0.6 is 0 Å². The molecule has 0 atom stereocenters. The molecule has 1 saturated heterocycles. The SMILES string of the molecule is CCn1nc(C)c(N)c1N1CCCN(C)C(=O)C1. The molecule has 0 unspecified atom stereocenters. The summed E-state index contributed by atoms with van der Waals surface area (Å²) in [5.41, 5.74) is 7.61. The highest BCUT2D eigenvalue weighted by molar-refractivity contribution is 5.83. The van der Waals surface area contributed by atoms with Crippen LogP contribution in [-0.2, 0) is 11.3 Å². The number of hydrogen-bond acceptors (Lipinski definition) is 4. The number of aryl methyl sites for hydroxylation is 2. The van der Waals surface area contributed by atoms with E-state index in [0.29, 0.717) is 12.2 Å². The van der Waals surface area contributed by atoms with Crippen LogP contribution in [0.4, 0.5) is 11.5 Å². The number of aromatic nitrogens is 2. The van der Waals surface area contributed by atoms with Gasteiger partial charge in [-0.05, 0) is 20.3 Å². The van der Waals surface area contributed by atoms with Gasteiger partial charge in [0.15, 0.2) is 5.82 Å². The first-order chi connectivity index (χ1) is 8.54. The maximum atomic E-state index is 11.9. The second-order valence-corrected chi connectivity index (χ2v) is 4.73. The number of hydrogen-bond donors (Lipinski definition) is 1. The average molecular weight is 251 g/mol. The minimum Gasteiger partial charge on any atom is -0.394 e. The Bertz CT molecular complexity index is 454. The van der Waals surface area contributed by atoms with Gasteiger partial charge in [0.05, 0.1) is 17.9 Å². The van der Waals surface area contributed by atoms with E-state index in [1.54, 1.807) is 4.90 Å². The highest BCUT2D eigenvalue weighted by Crippen LogP contribution is 2.27. The van der Waals surface area contributed by atoms with E-state index in [-0.39, 0.29) is 5.91 Å². The average Bonchev–Trinajstić information content (AvgIpc) is 2.52. The quantitative estimate of drug-likeness (QED) is 0.829. The van der Waals surface area contributed by atoms with Gasteiger partial charge in [-0.3, -0.25) is 4.79 Å². The first kappa shape index (κ1) is 12.7. The number of amides is 1. The first-order valence-electron chi connectivity index (χ1n) is 6.36. The van der Waals surface area contributed by atoms with Gasteiger partial charge in [-0.25, -0.2) is 4.68 Å². The molecule has 1 aromatic heterocycles. The second-order valence-electron chi connectivity index (χ2n) is 4.73. The minimum absolute atomic E-state index is 0.133. The summed E-state index contributed by atoms with van der Waals surface area (Å²) in [5, 5.41) is 4.40. The Labute approximate surface area is 107 Å². The molecule has 18 heavy (non-hydrogen) atoms. The lowest BCUT2D eigenvalue weighted by molar-refractivity contribution is -0.127. The van der Waals surface area contributed by atoms with E-state index >= 15 is 0 Å². The number of carbonyl (C=O) groups excluding carboxylic acids is 1. The normalized spacial score (nSPS) is 17.2. The van der Waals surface area contributed by atoms with Crippen LogP contribution in [0.15, 0.2) is 0 Å². The molecule has 2 N–H and O–H groups in total. The molecule has 1 amide bonds. The Morgan fingerprint density at radius 2 is 2.11 bits per heavy atom. The third-order valence-corrected chi connectivity index (χ3v) is 3.42. The molecule has 0 aromatic carbocycles. The second kappa shape index (κ2) is 4.88. The van der Waals surface area contributed by atoms with Gasteiger partial charge in [0, 0.05) is 26.7 Å². The van der Waals surface area contributed by atoms with E-state index in [1.165, 1.54) is 0 Å². The molecular weight excluding hydrogens is 230 g/mol. The van der Waals surface area contributed by atoms with Crippen molar-refractivity contribution in [3.8, 4) is 0 Å². The van der Waals surface area contributed by atoms with Crippen LogP contribution in [0, 0.1) is 6.92 Å². The predicted octanol–water partition coefficient (Wildman–Crippen LogP) is 0.462. The Balaban J connectivity index is 2.33. The molecular formula is C12H21N5O. The third kappa shape index (κ3) is 2.14. The van der Waals surface area contributed by atoms with Crippen LogP contribution < -0.4 is 10.6 Å². The van der Waals surface area contributed by atoms with Crippen molar-refractivity contribution in [2.45, 2.75) is 26.8 Å². The maximum Gasteiger partial charge on any atom is 0.241 e. The van der Waals surface area contributed by atoms with Gasteiger partial charge in [0.25, 0.3) is 0 Å². The maximum absolute atomic E-state index is 11.9. The van der Waals surface area contributed by atoms with Gasteiger partial charge >= 0.3 is 0 Å². The topological polar surface area (TPSA) is 67.4 Å². The van der Waals surface area contributed by atoms with Gasteiger partial charge in [-0.15, -0.1) is 0 Å². The zero-order valence-corrected chi connectivity index (χ0v) is 11.3. The molecule has 0 radical (unpaired) electrons. The molecule has 0 bridgehead atoms. The van der Waals surface area contributed by atoms with Crippen LogP contribution in [0.25, 0.3) is 0 Å². The Hall–Kier alpha value is -1.72. The van der Waals surface area contributed by atoms with Crippen LogP contribution in [-0.4, -0.2) is 47.3 Å². The molecule has 2 heterocycles. The van der Waals surface area contributed by atoms with E-state index < -0.39 is 0 Å².